The molecule has 3 unspecified atom stereocenters. The van der Waals surface area contributed by atoms with Crippen LogP contribution in [0.3, 0.4) is 0 Å². The number of fused-ring (bicyclic) bond motifs is 2. The van der Waals surface area contributed by atoms with E-state index >= 15 is 0 Å². The molecule has 6 heterocycles. The zero-order valence-electron chi connectivity index (χ0n) is 22.4. The van der Waals surface area contributed by atoms with Gasteiger partial charge in [-0.05, 0) is 12.1 Å². The van der Waals surface area contributed by atoms with E-state index in [9.17, 15) is 33.9 Å². The Labute approximate surface area is 246 Å². The molecule has 0 aromatic carbocycles. The maximum Gasteiger partial charge on any atom is 0.472 e. The molecule has 9 atom stereocenters. The molecule has 2 saturated heterocycles. The summed E-state index contributed by atoms with van der Waals surface area (Å²) in [5, 5.41) is 21.3. The molecule has 2 fully saturated rings. The highest BCUT2D eigenvalue weighted by molar-refractivity contribution is 7.47. The Bertz CT molecular complexity index is 1810. The Kier molecular flexibility index (Phi) is 8.33. The summed E-state index contributed by atoms with van der Waals surface area (Å²) in [6.07, 6.45) is -4.54. The molecule has 9 N–H and O–H groups in total. The molecule has 4 aromatic rings. The Hall–Kier alpha value is -3.26. The summed E-state index contributed by atoms with van der Waals surface area (Å²) in [5.41, 5.74) is 11.4. The lowest BCUT2D eigenvalue weighted by Gasteiger charge is -2.24. The number of aliphatic hydroxyl groups excluding tert-OH is 2. The van der Waals surface area contributed by atoms with Crippen LogP contribution in [-0.4, -0.2) is 92.8 Å². The van der Waals surface area contributed by atoms with Crippen molar-refractivity contribution in [2.45, 2.75) is 49.4 Å². The number of aromatic amines is 1. The van der Waals surface area contributed by atoms with Crippen LogP contribution in [-0.2, 0) is 32.2 Å². The van der Waals surface area contributed by atoms with E-state index in [1.54, 1.807) is 6.07 Å². The number of nitrogens with two attached hydrogens (primary N) is 2. The molecule has 0 bridgehead atoms. The number of hydrogen-bond donors (Lipinski definition) is 7. The number of aromatic nitrogens is 6. The number of aliphatic hydroxyl groups is 2. The van der Waals surface area contributed by atoms with Gasteiger partial charge in [-0.3, -0.25) is 23.4 Å². The first-order valence-corrected chi connectivity index (χ1v) is 15.8. The van der Waals surface area contributed by atoms with Gasteiger partial charge in [-0.1, -0.05) is 0 Å². The van der Waals surface area contributed by atoms with Gasteiger partial charge in [0.1, 0.15) is 42.2 Å². The predicted molar refractivity (Wildman–Crippen MR) is 149 cm³/mol. The second-order valence-electron chi connectivity index (χ2n) is 10.0. The number of phosphoric acid groups is 1. The van der Waals surface area contributed by atoms with Gasteiger partial charge in [-0.2, -0.15) is 4.98 Å². The van der Waals surface area contributed by atoms with Crippen LogP contribution >= 0.6 is 16.1 Å². The van der Waals surface area contributed by atoms with Crippen molar-refractivity contribution in [3.05, 3.63) is 41.2 Å². The molecule has 0 spiro atoms. The topological polar surface area (TPSA) is 295 Å². The number of nitrogens with zero attached hydrogens (tertiary/aromatic N) is 5. The average molecular weight is 658 g/mol. The van der Waals surface area contributed by atoms with Crippen molar-refractivity contribution in [3.8, 4) is 0 Å². The normalized spacial score (nSPS) is 29.4. The Morgan fingerprint density at radius 3 is 2.59 bits per heavy atom. The van der Waals surface area contributed by atoms with Crippen LogP contribution in [0.1, 0.15) is 18.9 Å². The Balaban J connectivity index is 1.20. The summed E-state index contributed by atoms with van der Waals surface area (Å²) in [6.45, 7) is -1.17. The third-order valence-corrected chi connectivity index (χ3v) is 8.74. The summed E-state index contributed by atoms with van der Waals surface area (Å²) in [6, 6.07) is 3.03. The minimum Gasteiger partial charge on any atom is -0.394 e. The lowest BCUT2D eigenvalue weighted by atomic mass is 10.1. The molecule has 0 aliphatic carbocycles. The van der Waals surface area contributed by atoms with E-state index in [4.69, 9.17) is 34.5 Å². The lowest BCUT2D eigenvalue weighted by molar-refractivity contribution is -0.0606. The van der Waals surface area contributed by atoms with Crippen LogP contribution in [0.5, 0.6) is 0 Å². The van der Waals surface area contributed by atoms with Crippen LogP contribution in [0.2, 0.25) is 0 Å². The van der Waals surface area contributed by atoms with Crippen molar-refractivity contribution in [1.29, 1.82) is 0 Å². The highest BCUT2D eigenvalue weighted by Gasteiger charge is 2.48. The second kappa shape index (κ2) is 11.9. The first-order valence-electron chi connectivity index (χ1n) is 13.0. The molecule has 6 rings (SSSR count). The number of hydrogen-bond acceptors (Lipinski definition) is 15. The van der Waals surface area contributed by atoms with Crippen LogP contribution in [0, 0.1) is 0 Å². The number of anilines is 2. The van der Waals surface area contributed by atoms with Gasteiger partial charge in [0.15, 0.2) is 18.1 Å². The summed E-state index contributed by atoms with van der Waals surface area (Å²) < 4.78 is 54.8. The first kappa shape index (κ1) is 30.8. The first-order chi connectivity index (χ1) is 21.0. The molecule has 0 saturated carbocycles. The number of nitrogens with one attached hydrogen (secondary N) is 1. The maximum absolute atomic E-state index is 13.1. The van der Waals surface area contributed by atoms with Crippen molar-refractivity contribution in [3.63, 3.8) is 0 Å². The van der Waals surface area contributed by atoms with Gasteiger partial charge in [0.25, 0.3) is 5.56 Å². The largest absolute Gasteiger partial charge is 0.472 e. The molecule has 2 aliphatic heterocycles. The van der Waals surface area contributed by atoms with Crippen LogP contribution < -0.4 is 17.0 Å². The van der Waals surface area contributed by atoms with Crippen molar-refractivity contribution in [1.82, 2.24) is 29.1 Å². The van der Waals surface area contributed by atoms with E-state index < -0.39 is 77.8 Å². The Morgan fingerprint density at radius 1 is 1.14 bits per heavy atom. The van der Waals surface area contributed by atoms with Gasteiger partial charge in [-0.25, -0.2) is 14.5 Å². The third kappa shape index (κ3) is 5.78. The fourth-order valence-corrected chi connectivity index (χ4v) is 6.80. The monoisotopic (exact) mass is 658 g/mol. The SMILES string of the molecule is Nc1nc2c(ccn2[C@@H]2O[C@H](CO)CC2OP(=O)(O)OC[C@H]2O[C@@H](n3ccc4c(N)ncnc43)[C@H](O)[C@@H]2O[PH](=O)O)c(=O)[nH]1. The van der Waals surface area contributed by atoms with Crippen LogP contribution in [0.15, 0.2) is 35.6 Å². The van der Waals surface area contributed by atoms with E-state index in [2.05, 4.69) is 19.9 Å². The van der Waals surface area contributed by atoms with Crippen LogP contribution in [0.4, 0.5) is 11.8 Å². The molecule has 4 aromatic heterocycles. The molecular weight excluding hydrogens is 630 g/mol. The average Bonchev–Trinajstić information content (AvgIpc) is 3.73. The molecule has 44 heavy (non-hydrogen) atoms. The van der Waals surface area contributed by atoms with E-state index in [0.717, 1.165) is 0 Å². The summed E-state index contributed by atoms with van der Waals surface area (Å²) in [7, 11) is -8.54. The van der Waals surface area contributed by atoms with Crippen molar-refractivity contribution >= 4 is 49.9 Å². The second-order valence-corrected chi connectivity index (χ2v) is 12.2. The van der Waals surface area contributed by atoms with E-state index in [1.165, 1.54) is 33.9 Å². The summed E-state index contributed by atoms with van der Waals surface area (Å²) in [5.74, 6) is 0.000163. The Morgan fingerprint density at radius 2 is 1.86 bits per heavy atom. The smallest absolute Gasteiger partial charge is 0.394 e. The number of phosphoric ester groups is 1. The van der Waals surface area contributed by atoms with Crippen molar-refractivity contribution in [2.75, 3.05) is 24.7 Å². The molecule has 2 aliphatic rings. The third-order valence-electron chi connectivity index (χ3n) is 7.25. The number of nitrogen functional groups attached to an aromatic ring is 2. The number of ether oxygens (including phenoxy) is 2. The molecule has 0 radical (unpaired) electrons. The van der Waals surface area contributed by atoms with Gasteiger partial charge in [0, 0.05) is 18.8 Å². The minimum absolute atomic E-state index is 0.0436. The standard InChI is InChI=1S/C22H28N8O12P2/c23-16-10-1-3-29(17(10)26-8-25-16)21-14(32)15(41-43(34)35)13(40-21)7-38-44(36,37)42-12-5-9(6-31)39-20(12)30-4-2-11-18(30)27-22(24)28-19(11)33/h1-4,8-9,12-15,20-21,31-32,43H,5-7H2,(H,34,35)(H,36,37)(H2,23,25,26)(H3,24,27,28,33)/t9-,12?,13+,14+,15+,20+,21+/m0/s1. The molecule has 20 nitrogen and oxygen atoms in total. The highest BCUT2D eigenvalue weighted by Crippen LogP contribution is 2.50. The fourth-order valence-electron chi connectivity index (χ4n) is 5.35. The summed E-state index contributed by atoms with van der Waals surface area (Å²) >= 11 is 0. The van der Waals surface area contributed by atoms with Crippen molar-refractivity contribution < 1.29 is 52.2 Å². The van der Waals surface area contributed by atoms with Gasteiger partial charge in [-0.15, -0.1) is 0 Å². The summed E-state index contributed by atoms with van der Waals surface area (Å²) in [4.78, 5) is 46.9. The molecule has 238 valence electrons. The lowest BCUT2D eigenvalue weighted by Crippen LogP contribution is -2.35. The molecular formula is C22H28N8O12P2. The number of rotatable bonds is 10. The van der Waals surface area contributed by atoms with Gasteiger partial charge in [0.05, 0.1) is 30.1 Å². The predicted octanol–water partition coefficient (Wildman–Crippen LogP) is -0.859. The molecule has 22 heteroatoms. The zero-order chi connectivity index (χ0) is 31.3. The highest BCUT2D eigenvalue weighted by atomic mass is 31.2. The van der Waals surface area contributed by atoms with E-state index in [-0.39, 0.29) is 34.9 Å². The van der Waals surface area contributed by atoms with Gasteiger partial charge < -0.3 is 54.6 Å². The van der Waals surface area contributed by atoms with Gasteiger partial charge in [0.2, 0.25) is 5.95 Å². The minimum atomic E-state index is -4.94. The molecule has 0 amide bonds. The van der Waals surface area contributed by atoms with Gasteiger partial charge >= 0.3 is 16.1 Å². The fraction of sp³-hybridized carbons (Fsp3) is 0.455. The van der Waals surface area contributed by atoms with Crippen molar-refractivity contribution in [2.24, 2.45) is 0 Å². The van der Waals surface area contributed by atoms with E-state index in [1.807, 2.05) is 0 Å². The quantitative estimate of drug-likeness (QED) is 0.102. The van der Waals surface area contributed by atoms with E-state index in [0.29, 0.717) is 5.39 Å². The van der Waals surface area contributed by atoms with Crippen LogP contribution in [0.25, 0.3) is 22.1 Å². The maximum atomic E-state index is 13.1. The zero-order valence-corrected chi connectivity index (χ0v) is 24.3. The number of H-pyrrole nitrogens is 1.